The molecule has 0 radical (unpaired) electrons. The van der Waals surface area contributed by atoms with E-state index < -0.39 is 0 Å². The molecule has 3 rings (SSSR count). The molecule has 1 fully saturated rings. The molecule has 0 bridgehead atoms. The Morgan fingerprint density at radius 1 is 1.03 bits per heavy atom. The van der Waals surface area contributed by atoms with E-state index in [4.69, 9.17) is 4.74 Å². The quantitative estimate of drug-likeness (QED) is 0.731. The molecule has 1 aliphatic carbocycles. The summed E-state index contributed by atoms with van der Waals surface area (Å²) in [6.07, 6.45) is 5.80. The van der Waals surface area contributed by atoms with E-state index in [2.05, 4.69) is 5.32 Å². The highest BCUT2D eigenvalue weighted by molar-refractivity contribution is 5.94. The van der Waals surface area contributed by atoms with Gasteiger partial charge in [0.2, 0.25) is 0 Å². The van der Waals surface area contributed by atoms with Crippen LogP contribution in [0.2, 0.25) is 0 Å². The number of nitrogens with zero attached hydrogens (tertiary/aromatic N) is 1. The van der Waals surface area contributed by atoms with Crippen LogP contribution < -0.4 is 10.1 Å². The molecule has 0 spiro atoms. The number of benzene rings is 2. The van der Waals surface area contributed by atoms with E-state index in [9.17, 15) is 9.59 Å². The lowest BCUT2D eigenvalue weighted by molar-refractivity contribution is -0.136. The van der Waals surface area contributed by atoms with Crippen molar-refractivity contribution in [2.45, 2.75) is 51.6 Å². The van der Waals surface area contributed by atoms with Crippen LogP contribution in [-0.2, 0) is 11.3 Å². The molecule has 1 saturated carbocycles. The van der Waals surface area contributed by atoms with Crippen LogP contribution in [0.15, 0.2) is 54.6 Å². The van der Waals surface area contributed by atoms with Crippen LogP contribution in [-0.4, -0.2) is 35.9 Å². The van der Waals surface area contributed by atoms with Crippen molar-refractivity contribution in [3.8, 4) is 5.75 Å². The van der Waals surface area contributed by atoms with Gasteiger partial charge in [0.1, 0.15) is 5.75 Å². The van der Waals surface area contributed by atoms with Crippen molar-refractivity contribution in [3.63, 3.8) is 0 Å². The van der Waals surface area contributed by atoms with E-state index in [0.717, 1.165) is 18.4 Å². The van der Waals surface area contributed by atoms with Crippen molar-refractivity contribution in [1.82, 2.24) is 10.2 Å². The molecule has 1 N–H and O–H groups in total. The second-order valence-corrected chi connectivity index (χ2v) is 7.46. The Hall–Kier alpha value is -2.82. The Kier molecular flexibility index (Phi) is 7.68. The summed E-state index contributed by atoms with van der Waals surface area (Å²) in [6, 6.07) is 17.1. The Balaban J connectivity index is 1.53. The first-order chi connectivity index (χ1) is 14.2. The molecule has 2 amide bonds. The largest absolute Gasteiger partial charge is 0.484 e. The SMILES string of the molecule is CCN(C(=O)COc1cccc(C(=O)NCc2ccccc2)c1)C1CCCCC1. The first-order valence-corrected chi connectivity index (χ1v) is 10.5. The lowest BCUT2D eigenvalue weighted by Gasteiger charge is -2.33. The lowest BCUT2D eigenvalue weighted by Crippen LogP contribution is -2.43. The van der Waals surface area contributed by atoms with Crippen molar-refractivity contribution < 1.29 is 14.3 Å². The zero-order chi connectivity index (χ0) is 20.5. The third-order valence-electron chi connectivity index (χ3n) is 5.43. The molecule has 0 unspecified atom stereocenters. The molecule has 1 aliphatic rings. The van der Waals surface area contributed by atoms with Gasteiger partial charge in [0.05, 0.1) is 0 Å². The van der Waals surface area contributed by atoms with Crippen LogP contribution in [0.4, 0.5) is 0 Å². The number of carbonyl (C=O) groups excluding carboxylic acids is 2. The Morgan fingerprint density at radius 2 is 1.79 bits per heavy atom. The molecule has 29 heavy (non-hydrogen) atoms. The number of hydrogen-bond donors (Lipinski definition) is 1. The molecule has 154 valence electrons. The van der Waals surface area contributed by atoms with Gasteiger partial charge in [-0.3, -0.25) is 9.59 Å². The fourth-order valence-corrected chi connectivity index (χ4v) is 3.87. The minimum Gasteiger partial charge on any atom is -0.484 e. The fraction of sp³-hybridized carbons (Fsp3) is 0.417. The van der Waals surface area contributed by atoms with Gasteiger partial charge in [-0.25, -0.2) is 0 Å². The molecule has 0 aliphatic heterocycles. The van der Waals surface area contributed by atoms with Gasteiger partial charge in [-0.15, -0.1) is 0 Å². The van der Waals surface area contributed by atoms with Crippen LogP contribution >= 0.6 is 0 Å². The van der Waals surface area contributed by atoms with Gasteiger partial charge in [-0.05, 0) is 43.5 Å². The van der Waals surface area contributed by atoms with E-state index in [1.54, 1.807) is 24.3 Å². The van der Waals surface area contributed by atoms with Gasteiger partial charge in [-0.1, -0.05) is 55.7 Å². The monoisotopic (exact) mass is 394 g/mol. The summed E-state index contributed by atoms with van der Waals surface area (Å²) in [5, 5.41) is 2.91. The third kappa shape index (κ3) is 6.08. The Morgan fingerprint density at radius 3 is 2.52 bits per heavy atom. The van der Waals surface area contributed by atoms with Crippen LogP contribution in [0.25, 0.3) is 0 Å². The molecular weight excluding hydrogens is 364 g/mol. The number of carbonyl (C=O) groups is 2. The smallest absolute Gasteiger partial charge is 0.260 e. The standard InChI is InChI=1S/C24H30N2O3/c1-2-26(21-13-7-4-8-14-21)23(27)18-29-22-15-9-12-20(16-22)24(28)25-17-19-10-5-3-6-11-19/h3,5-6,9-12,15-16,21H,2,4,7-8,13-14,17-18H2,1H3,(H,25,28). The summed E-state index contributed by atoms with van der Waals surface area (Å²) in [4.78, 5) is 27.0. The van der Waals surface area contributed by atoms with Crippen molar-refractivity contribution >= 4 is 11.8 Å². The van der Waals surface area contributed by atoms with E-state index in [0.29, 0.717) is 30.4 Å². The molecule has 0 saturated heterocycles. The second-order valence-electron chi connectivity index (χ2n) is 7.46. The molecule has 2 aromatic rings. The molecule has 5 heteroatoms. The second kappa shape index (κ2) is 10.6. The van der Waals surface area contributed by atoms with Crippen LogP contribution in [0, 0.1) is 0 Å². The summed E-state index contributed by atoms with van der Waals surface area (Å²) in [6.45, 7) is 3.19. The predicted octanol–water partition coefficient (Wildman–Crippen LogP) is 4.18. The highest BCUT2D eigenvalue weighted by atomic mass is 16.5. The van der Waals surface area contributed by atoms with Crippen LogP contribution in [0.3, 0.4) is 0 Å². The van der Waals surface area contributed by atoms with Crippen molar-refractivity contribution in [1.29, 1.82) is 0 Å². The minimum atomic E-state index is -0.164. The lowest BCUT2D eigenvalue weighted by atomic mass is 9.94. The minimum absolute atomic E-state index is 0.000568. The van der Waals surface area contributed by atoms with Gasteiger partial charge < -0.3 is 15.0 Å². The third-order valence-corrected chi connectivity index (χ3v) is 5.43. The number of hydrogen-bond acceptors (Lipinski definition) is 3. The summed E-state index contributed by atoms with van der Waals surface area (Å²) < 4.78 is 5.72. The Bertz CT molecular complexity index is 801. The van der Waals surface area contributed by atoms with E-state index in [-0.39, 0.29) is 18.4 Å². The van der Waals surface area contributed by atoms with Crippen molar-refractivity contribution in [2.75, 3.05) is 13.2 Å². The molecule has 0 aromatic heterocycles. The normalized spacial score (nSPS) is 14.2. The molecule has 0 atom stereocenters. The molecular formula is C24H30N2O3. The first kappa shape index (κ1) is 20.9. The number of nitrogens with one attached hydrogen (secondary N) is 1. The molecule has 5 nitrogen and oxygen atoms in total. The number of rotatable bonds is 8. The van der Waals surface area contributed by atoms with Gasteiger partial charge in [0.25, 0.3) is 11.8 Å². The summed E-state index contributed by atoms with van der Waals surface area (Å²) in [5.74, 6) is 0.381. The number of amides is 2. The van der Waals surface area contributed by atoms with Gasteiger partial charge >= 0.3 is 0 Å². The Labute approximate surface area is 173 Å². The maximum absolute atomic E-state index is 12.6. The number of ether oxygens (including phenoxy) is 1. The highest BCUT2D eigenvalue weighted by Crippen LogP contribution is 2.23. The van der Waals surface area contributed by atoms with Gasteiger partial charge in [0.15, 0.2) is 6.61 Å². The predicted molar refractivity (Wildman–Crippen MR) is 114 cm³/mol. The van der Waals surface area contributed by atoms with Crippen LogP contribution in [0.5, 0.6) is 5.75 Å². The molecule has 0 heterocycles. The average Bonchev–Trinajstić information content (AvgIpc) is 2.78. The summed E-state index contributed by atoms with van der Waals surface area (Å²) in [5.41, 5.74) is 1.56. The summed E-state index contributed by atoms with van der Waals surface area (Å²) in [7, 11) is 0. The highest BCUT2D eigenvalue weighted by Gasteiger charge is 2.24. The zero-order valence-corrected chi connectivity index (χ0v) is 17.1. The average molecular weight is 395 g/mol. The van der Waals surface area contributed by atoms with E-state index in [1.165, 1.54) is 19.3 Å². The summed E-state index contributed by atoms with van der Waals surface area (Å²) >= 11 is 0. The van der Waals surface area contributed by atoms with Crippen molar-refractivity contribution in [3.05, 3.63) is 65.7 Å². The topological polar surface area (TPSA) is 58.6 Å². The van der Waals surface area contributed by atoms with Crippen LogP contribution in [0.1, 0.15) is 54.9 Å². The van der Waals surface area contributed by atoms with Gasteiger partial charge in [0, 0.05) is 24.7 Å². The van der Waals surface area contributed by atoms with E-state index >= 15 is 0 Å². The van der Waals surface area contributed by atoms with E-state index in [1.807, 2.05) is 42.2 Å². The molecule has 2 aromatic carbocycles. The zero-order valence-electron chi connectivity index (χ0n) is 17.1. The number of likely N-dealkylation sites (N-methyl/N-ethyl adjacent to an activating group) is 1. The maximum Gasteiger partial charge on any atom is 0.260 e. The fourth-order valence-electron chi connectivity index (χ4n) is 3.87. The van der Waals surface area contributed by atoms with Gasteiger partial charge in [-0.2, -0.15) is 0 Å². The van der Waals surface area contributed by atoms with Crippen molar-refractivity contribution in [2.24, 2.45) is 0 Å². The first-order valence-electron chi connectivity index (χ1n) is 10.5. The maximum atomic E-state index is 12.6.